The Labute approximate surface area is 56.5 Å². The Bertz CT molecular complexity index is 174. The summed E-state index contributed by atoms with van der Waals surface area (Å²) in [7, 11) is 1.82. The molecule has 0 amide bonds. The number of thiazole rings is 1. The molecule has 0 atom stereocenters. The normalized spacial score (nSPS) is 9.25. The molecule has 0 unspecified atom stereocenters. The lowest BCUT2D eigenvalue weighted by Gasteiger charge is -1.88. The molecule has 1 heterocycles. The van der Waals surface area contributed by atoms with Gasteiger partial charge >= 0.3 is 0 Å². The van der Waals surface area contributed by atoms with E-state index in [1.165, 1.54) is 11.3 Å². The summed E-state index contributed by atoms with van der Waals surface area (Å²) in [6, 6.07) is 0. The zero-order chi connectivity index (χ0) is 5.98. The Morgan fingerprint density at radius 3 is 2.88 bits per heavy atom. The van der Waals surface area contributed by atoms with E-state index in [0.717, 1.165) is 5.00 Å². The number of nitrogens with zero attached hydrogens (tertiary/aromatic N) is 1. The second kappa shape index (κ2) is 2.33. The highest BCUT2D eigenvalue weighted by molar-refractivity contribution is 7.14. The maximum Gasteiger partial charge on any atom is 0.163 e. The van der Waals surface area contributed by atoms with Crippen LogP contribution in [0.1, 0.15) is 0 Å². The minimum absolute atomic E-state index is 0.553. The summed E-state index contributed by atoms with van der Waals surface area (Å²) < 4.78 is 0. The largest absolute Gasteiger partial charge is 0.377 e. The molecule has 0 aliphatic rings. The first-order valence-corrected chi connectivity index (χ1v) is 3.37. The highest BCUT2D eigenvalue weighted by Gasteiger charge is 1.96. The quantitative estimate of drug-likeness (QED) is 0.658. The molecule has 44 valence electrons. The van der Waals surface area contributed by atoms with Gasteiger partial charge in [-0.3, -0.25) is 0 Å². The van der Waals surface area contributed by atoms with Gasteiger partial charge < -0.3 is 5.32 Å². The minimum Gasteiger partial charge on any atom is -0.377 e. The van der Waals surface area contributed by atoms with E-state index in [-0.39, 0.29) is 0 Å². The van der Waals surface area contributed by atoms with Crippen molar-refractivity contribution in [3.63, 3.8) is 0 Å². The number of hydrogen-bond donors (Lipinski definition) is 1. The summed E-state index contributed by atoms with van der Waals surface area (Å²) in [6.07, 6.45) is 0. The van der Waals surface area contributed by atoms with E-state index in [1.54, 1.807) is 5.51 Å². The zero-order valence-corrected chi connectivity index (χ0v) is 5.88. The molecule has 1 aromatic heterocycles. The zero-order valence-electron chi connectivity index (χ0n) is 4.31. The molecular formula is C4H5ClN2S. The van der Waals surface area contributed by atoms with Gasteiger partial charge in [0.1, 0.15) is 5.00 Å². The Hall–Kier alpha value is -0.280. The van der Waals surface area contributed by atoms with Crippen LogP contribution in [0.4, 0.5) is 5.00 Å². The molecule has 0 saturated heterocycles. The predicted molar refractivity (Wildman–Crippen MR) is 36.7 cm³/mol. The second-order valence-electron chi connectivity index (χ2n) is 1.22. The molecule has 0 saturated carbocycles. The van der Waals surface area contributed by atoms with Gasteiger partial charge in [-0.05, 0) is 0 Å². The van der Waals surface area contributed by atoms with E-state index in [9.17, 15) is 0 Å². The third kappa shape index (κ3) is 0.928. The van der Waals surface area contributed by atoms with E-state index in [1.807, 2.05) is 7.05 Å². The lowest BCUT2D eigenvalue weighted by atomic mass is 10.8. The average molecular weight is 149 g/mol. The van der Waals surface area contributed by atoms with Crippen molar-refractivity contribution in [3.8, 4) is 0 Å². The highest BCUT2D eigenvalue weighted by Crippen LogP contribution is 2.23. The average Bonchev–Trinajstić information content (AvgIpc) is 2.14. The lowest BCUT2D eigenvalue weighted by molar-refractivity contribution is 1.41. The van der Waals surface area contributed by atoms with Crippen LogP contribution < -0.4 is 5.32 Å². The summed E-state index contributed by atoms with van der Waals surface area (Å²) in [4.78, 5) is 3.81. The molecular weight excluding hydrogens is 144 g/mol. The van der Waals surface area contributed by atoms with Crippen molar-refractivity contribution in [2.75, 3.05) is 12.4 Å². The van der Waals surface area contributed by atoms with Crippen LogP contribution in [0.25, 0.3) is 0 Å². The van der Waals surface area contributed by atoms with Crippen molar-refractivity contribution < 1.29 is 0 Å². The van der Waals surface area contributed by atoms with Gasteiger partial charge in [0, 0.05) is 7.05 Å². The van der Waals surface area contributed by atoms with Gasteiger partial charge in [0.05, 0.1) is 5.51 Å². The summed E-state index contributed by atoms with van der Waals surface area (Å²) in [5.41, 5.74) is 1.70. The predicted octanol–water partition coefficient (Wildman–Crippen LogP) is 1.84. The van der Waals surface area contributed by atoms with Crippen LogP contribution in [0.3, 0.4) is 0 Å². The molecule has 0 bridgehead atoms. The van der Waals surface area contributed by atoms with Gasteiger partial charge in [0.25, 0.3) is 0 Å². The SMILES string of the molecule is CNc1scnc1Cl. The van der Waals surface area contributed by atoms with E-state index >= 15 is 0 Å². The molecule has 2 nitrogen and oxygen atoms in total. The van der Waals surface area contributed by atoms with E-state index in [0.29, 0.717) is 5.15 Å². The standard InChI is InChI=1S/C4H5ClN2S/c1-6-4-3(5)7-2-8-4/h2,6H,1H3. The molecule has 0 spiro atoms. The summed E-state index contributed by atoms with van der Waals surface area (Å²) in [5.74, 6) is 0. The van der Waals surface area contributed by atoms with Gasteiger partial charge in [-0.2, -0.15) is 0 Å². The van der Waals surface area contributed by atoms with Crippen molar-refractivity contribution in [2.45, 2.75) is 0 Å². The topological polar surface area (TPSA) is 24.9 Å². The molecule has 0 fully saturated rings. The van der Waals surface area contributed by atoms with Crippen molar-refractivity contribution in [3.05, 3.63) is 10.7 Å². The smallest absolute Gasteiger partial charge is 0.163 e. The Morgan fingerprint density at radius 1 is 1.88 bits per heavy atom. The fourth-order valence-electron chi connectivity index (χ4n) is 0.395. The van der Waals surface area contributed by atoms with Crippen molar-refractivity contribution >= 4 is 27.9 Å². The second-order valence-corrected chi connectivity index (χ2v) is 2.44. The summed E-state index contributed by atoms with van der Waals surface area (Å²) in [5, 5.41) is 4.38. The molecule has 1 N–H and O–H groups in total. The number of nitrogens with one attached hydrogen (secondary N) is 1. The van der Waals surface area contributed by atoms with Crippen LogP contribution >= 0.6 is 22.9 Å². The Kier molecular flexibility index (Phi) is 1.70. The first-order valence-electron chi connectivity index (χ1n) is 2.11. The fourth-order valence-corrected chi connectivity index (χ4v) is 1.26. The van der Waals surface area contributed by atoms with Crippen LogP contribution in [-0.4, -0.2) is 12.0 Å². The van der Waals surface area contributed by atoms with Gasteiger partial charge in [0.2, 0.25) is 0 Å². The maximum absolute atomic E-state index is 5.58. The molecule has 1 rings (SSSR count). The summed E-state index contributed by atoms with van der Waals surface area (Å²) >= 11 is 7.07. The lowest BCUT2D eigenvalue weighted by Crippen LogP contribution is -1.82. The minimum atomic E-state index is 0.553. The third-order valence-corrected chi connectivity index (χ3v) is 1.99. The number of hydrogen-bond acceptors (Lipinski definition) is 3. The van der Waals surface area contributed by atoms with Crippen LogP contribution in [0.2, 0.25) is 5.15 Å². The van der Waals surface area contributed by atoms with Crippen molar-refractivity contribution in [1.29, 1.82) is 0 Å². The maximum atomic E-state index is 5.58. The van der Waals surface area contributed by atoms with Crippen LogP contribution in [0, 0.1) is 0 Å². The fraction of sp³-hybridized carbons (Fsp3) is 0.250. The first kappa shape index (κ1) is 5.85. The molecule has 0 radical (unpaired) electrons. The van der Waals surface area contributed by atoms with Gasteiger partial charge in [-0.25, -0.2) is 4.98 Å². The highest BCUT2D eigenvalue weighted by atomic mass is 35.5. The van der Waals surface area contributed by atoms with Gasteiger partial charge in [0.15, 0.2) is 5.15 Å². The van der Waals surface area contributed by atoms with Crippen LogP contribution in [0.5, 0.6) is 0 Å². The van der Waals surface area contributed by atoms with Gasteiger partial charge in [-0.1, -0.05) is 11.6 Å². The number of anilines is 1. The molecule has 0 aromatic carbocycles. The molecule has 1 aromatic rings. The van der Waals surface area contributed by atoms with E-state index in [4.69, 9.17) is 11.6 Å². The molecule has 0 aliphatic heterocycles. The molecule has 4 heteroatoms. The number of halogens is 1. The Balaban J connectivity index is 2.92. The number of rotatable bonds is 1. The van der Waals surface area contributed by atoms with Crippen molar-refractivity contribution in [1.82, 2.24) is 4.98 Å². The van der Waals surface area contributed by atoms with E-state index in [2.05, 4.69) is 10.3 Å². The monoisotopic (exact) mass is 148 g/mol. The number of aromatic nitrogens is 1. The Morgan fingerprint density at radius 2 is 2.62 bits per heavy atom. The van der Waals surface area contributed by atoms with Crippen LogP contribution in [0.15, 0.2) is 5.51 Å². The van der Waals surface area contributed by atoms with Crippen LogP contribution in [-0.2, 0) is 0 Å². The van der Waals surface area contributed by atoms with Crippen molar-refractivity contribution in [2.24, 2.45) is 0 Å². The summed E-state index contributed by atoms with van der Waals surface area (Å²) in [6.45, 7) is 0. The molecule has 0 aliphatic carbocycles. The van der Waals surface area contributed by atoms with Gasteiger partial charge in [-0.15, -0.1) is 11.3 Å². The van der Waals surface area contributed by atoms with E-state index < -0.39 is 0 Å². The first-order chi connectivity index (χ1) is 3.84. The third-order valence-electron chi connectivity index (χ3n) is 0.751. The molecule has 8 heavy (non-hydrogen) atoms.